The second-order valence-corrected chi connectivity index (χ2v) is 8.55. The van der Waals surface area contributed by atoms with E-state index in [4.69, 9.17) is 5.11 Å². The molecule has 0 aliphatic carbocycles. The lowest BCUT2D eigenvalue weighted by Gasteiger charge is -2.30. The van der Waals surface area contributed by atoms with E-state index >= 15 is 0 Å². The number of rotatable bonds is 5. The van der Waals surface area contributed by atoms with Crippen molar-refractivity contribution in [3.8, 4) is 0 Å². The quantitative estimate of drug-likeness (QED) is 0.730. The molecule has 1 atom stereocenters. The van der Waals surface area contributed by atoms with Crippen molar-refractivity contribution in [1.82, 2.24) is 4.72 Å². The highest BCUT2D eigenvalue weighted by Gasteiger charge is 2.31. The van der Waals surface area contributed by atoms with Gasteiger partial charge in [-0.2, -0.15) is 0 Å². The van der Waals surface area contributed by atoms with E-state index < -0.39 is 27.4 Å². The molecule has 0 amide bonds. The number of aliphatic carboxylic acids is 1. The molecule has 1 unspecified atom stereocenters. The summed E-state index contributed by atoms with van der Waals surface area (Å²) in [5.41, 5.74) is -0.491. The maximum absolute atomic E-state index is 12.3. The summed E-state index contributed by atoms with van der Waals surface area (Å²) in [5.74, 6) is -1.03. The number of carboxylic acids is 1. The van der Waals surface area contributed by atoms with Crippen LogP contribution >= 0.6 is 22.6 Å². The number of nitrogens with one attached hydrogen (secondary N) is 1. The van der Waals surface area contributed by atoms with Crippen LogP contribution in [0.3, 0.4) is 0 Å². The van der Waals surface area contributed by atoms with Crippen molar-refractivity contribution < 1.29 is 18.3 Å². The molecule has 0 aliphatic heterocycles. The first kappa shape index (κ1) is 17.4. The number of carboxylic acid groups (broad SMARTS) is 1. The fraction of sp³-hybridized carbons (Fsp3) is 0.462. The zero-order valence-corrected chi connectivity index (χ0v) is 14.5. The minimum atomic E-state index is -3.72. The van der Waals surface area contributed by atoms with Gasteiger partial charge in [0.25, 0.3) is 0 Å². The fourth-order valence-electron chi connectivity index (χ4n) is 1.57. The molecule has 5 nitrogen and oxygen atoms in total. The fourth-order valence-corrected chi connectivity index (χ4v) is 3.37. The molecule has 1 aromatic rings. The smallest absolute Gasteiger partial charge is 0.304 e. The van der Waals surface area contributed by atoms with Gasteiger partial charge in [0.05, 0.1) is 11.3 Å². The molecule has 2 N–H and O–H groups in total. The van der Waals surface area contributed by atoms with E-state index in [2.05, 4.69) is 27.3 Å². The second kappa shape index (κ2) is 6.40. The van der Waals surface area contributed by atoms with E-state index in [1.165, 1.54) is 12.1 Å². The van der Waals surface area contributed by atoms with Gasteiger partial charge < -0.3 is 5.11 Å². The van der Waals surface area contributed by atoms with Crippen LogP contribution in [0.4, 0.5) is 0 Å². The zero-order chi connectivity index (χ0) is 15.6. The normalized spacial score (nSPS) is 14.0. The predicted octanol–water partition coefficient (Wildman–Crippen LogP) is 2.46. The van der Waals surface area contributed by atoms with Crippen LogP contribution in [0.2, 0.25) is 0 Å². The van der Waals surface area contributed by atoms with Crippen molar-refractivity contribution in [3.05, 3.63) is 27.8 Å². The molecule has 7 heteroatoms. The minimum absolute atomic E-state index is 0.137. The Labute approximate surface area is 133 Å². The van der Waals surface area contributed by atoms with Gasteiger partial charge in [-0.15, -0.1) is 0 Å². The molecule has 0 aromatic heterocycles. The highest BCUT2D eigenvalue weighted by molar-refractivity contribution is 14.1. The molecule has 0 spiro atoms. The van der Waals surface area contributed by atoms with Crippen LogP contribution in [-0.4, -0.2) is 25.5 Å². The Morgan fingerprint density at radius 1 is 1.30 bits per heavy atom. The molecule has 1 rings (SSSR count). The van der Waals surface area contributed by atoms with E-state index in [1.807, 2.05) is 0 Å². The van der Waals surface area contributed by atoms with Crippen molar-refractivity contribution in [2.24, 2.45) is 5.41 Å². The summed E-state index contributed by atoms with van der Waals surface area (Å²) in [6.45, 7) is 5.41. The molecular formula is C13H18INO4S. The largest absolute Gasteiger partial charge is 0.481 e. The van der Waals surface area contributed by atoms with E-state index in [0.29, 0.717) is 0 Å². The molecule has 0 saturated heterocycles. The minimum Gasteiger partial charge on any atom is -0.481 e. The first-order valence-corrected chi connectivity index (χ1v) is 8.58. The van der Waals surface area contributed by atoms with Crippen molar-refractivity contribution >= 4 is 38.6 Å². The van der Waals surface area contributed by atoms with Crippen LogP contribution in [0.15, 0.2) is 29.2 Å². The van der Waals surface area contributed by atoms with Crippen molar-refractivity contribution in [2.75, 3.05) is 0 Å². The van der Waals surface area contributed by atoms with Gasteiger partial charge in [0.1, 0.15) is 0 Å². The third kappa shape index (κ3) is 5.02. The summed E-state index contributed by atoms with van der Waals surface area (Å²) in [4.78, 5) is 11.0. The maximum atomic E-state index is 12.3. The summed E-state index contributed by atoms with van der Waals surface area (Å²) < 4.78 is 28.0. The Morgan fingerprint density at radius 2 is 1.80 bits per heavy atom. The molecule has 0 radical (unpaired) electrons. The molecule has 112 valence electrons. The van der Waals surface area contributed by atoms with Gasteiger partial charge in [0.2, 0.25) is 10.0 Å². The Balaban J connectivity index is 3.03. The predicted molar refractivity (Wildman–Crippen MR) is 85.0 cm³/mol. The highest BCUT2D eigenvalue weighted by atomic mass is 127. The summed E-state index contributed by atoms with van der Waals surface area (Å²) >= 11 is 2.09. The number of sulfonamides is 1. The van der Waals surface area contributed by atoms with Crippen LogP contribution in [-0.2, 0) is 14.8 Å². The van der Waals surface area contributed by atoms with Gasteiger partial charge >= 0.3 is 5.97 Å². The third-order valence-corrected chi connectivity index (χ3v) is 5.05. The molecule has 1 aromatic carbocycles. The number of carbonyl (C=O) groups is 1. The Morgan fingerprint density at radius 3 is 2.20 bits per heavy atom. The Hall–Kier alpha value is -0.670. The molecule has 0 heterocycles. The summed E-state index contributed by atoms with van der Waals surface area (Å²) in [6, 6.07) is 5.72. The van der Waals surface area contributed by atoms with Gasteiger partial charge in [-0.05, 0) is 52.3 Å². The van der Waals surface area contributed by atoms with E-state index in [9.17, 15) is 13.2 Å². The van der Waals surface area contributed by atoms with Crippen LogP contribution in [0.1, 0.15) is 27.2 Å². The van der Waals surface area contributed by atoms with E-state index in [0.717, 1.165) is 3.57 Å². The number of halogens is 1. The van der Waals surface area contributed by atoms with Gasteiger partial charge in [0.15, 0.2) is 0 Å². The number of hydrogen-bond acceptors (Lipinski definition) is 3. The van der Waals surface area contributed by atoms with Crippen LogP contribution in [0.25, 0.3) is 0 Å². The average molecular weight is 411 g/mol. The lowest BCUT2D eigenvalue weighted by atomic mass is 9.85. The van der Waals surface area contributed by atoms with Crippen molar-refractivity contribution in [2.45, 2.75) is 38.1 Å². The number of benzene rings is 1. The molecule has 0 saturated carbocycles. The Kier molecular flexibility index (Phi) is 5.56. The maximum Gasteiger partial charge on any atom is 0.304 e. The molecule has 20 heavy (non-hydrogen) atoms. The highest BCUT2D eigenvalue weighted by Crippen LogP contribution is 2.24. The van der Waals surface area contributed by atoms with E-state index in [1.54, 1.807) is 32.9 Å². The second-order valence-electron chi connectivity index (χ2n) is 5.59. The van der Waals surface area contributed by atoms with E-state index in [-0.39, 0.29) is 11.3 Å². The average Bonchev–Trinajstić information content (AvgIpc) is 2.26. The van der Waals surface area contributed by atoms with Gasteiger partial charge in [0, 0.05) is 9.61 Å². The monoisotopic (exact) mass is 411 g/mol. The van der Waals surface area contributed by atoms with Crippen molar-refractivity contribution in [1.29, 1.82) is 0 Å². The van der Waals surface area contributed by atoms with Crippen LogP contribution in [0.5, 0.6) is 0 Å². The molecular weight excluding hydrogens is 393 g/mol. The SMILES string of the molecule is CC(C)(C)C(CC(=O)O)NS(=O)(=O)c1ccc(I)cc1. The Bertz CT molecular complexity index is 575. The number of hydrogen-bond donors (Lipinski definition) is 2. The standard InChI is InChI=1S/C13H18INO4S/c1-13(2,3)11(8-12(16)17)15-20(18,19)10-6-4-9(14)5-7-10/h4-7,11,15H,8H2,1-3H3,(H,16,17). The lowest BCUT2D eigenvalue weighted by Crippen LogP contribution is -2.44. The van der Waals surface area contributed by atoms with Gasteiger partial charge in [-0.25, -0.2) is 13.1 Å². The summed E-state index contributed by atoms with van der Waals surface area (Å²) in [5, 5.41) is 8.92. The first-order valence-electron chi connectivity index (χ1n) is 6.02. The zero-order valence-electron chi connectivity index (χ0n) is 11.6. The molecule has 0 aliphatic rings. The van der Waals surface area contributed by atoms with Gasteiger partial charge in [-0.3, -0.25) is 4.79 Å². The summed E-state index contributed by atoms with van der Waals surface area (Å²) in [7, 11) is -3.72. The molecule has 0 fully saturated rings. The topological polar surface area (TPSA) is 83.5 Å². The van der Waals surface area contributed by atoms with Gasteiger partial charge in [-0.1, -0.05) is 20.8 Å². The van der Waals surface area contributed by atoms with Crippen molar-refractivity contribution in [3.63, 3.8) is 0 Å². The lowest BCUT2D eigenvalue weighted by molar-refractivity contribution is -0.138. The van der Waals surface area contributed by atoms with Crippen LogP contribution < -0.4 is 4.72 Å². The summed E-state index contributed by atoms with van der Waals surface area (Å²) in [6.07, 6.45) is -0.257. The third-order valence-electron chi connectivity index (χ3n) is 2.85. The molecule has 0 bridgehead atoms. The first-order chi connectivity index (χ1) is 9.02. The van der Waals surface area contributed by atoms with Crippen LogP contribution in [0, 0.1) is 8.99 Å².